The maximum atomic E-state index is 3.02. The molecule has 1 saturated carbocycles. The first kappa shape index (κ1) is 6.68. The molecule has 1 aliphatic rings. The van der Waals surface area contributed by atoms with E-state index in [0.717, 1.165) is 5.92 Å². The quantitative estimate of drug-likeness (QED) is 0.467. The van der Waals surface area contributed by atoms with Gasteiger partial charge in [0.15, 0.2) is 0 Å². The fourth-order valence-electron chi connectivity index (χ4n) is 1.33. The molecule has 0 N–H and O–H groups in total. The first-order valence-electron chi connectivity index (χ1n) is 3.69. The van der Waals surface area contributed by atoms with Crippen LogP contribution < -0.4 is 0 Å². The molecule has 0 saturated heterocycles. The molecule has 0 bridgehead atoms. The summed E-state index contributed by atoms with van der Waals surface area (Å²) in [4.78, 5) is 0. The molecule has 9 heavy (non-hydrogen) atoms. The molecule has 0 aromatic rings. The molecule has 49 valence electrons. The van der Waals surface area contributed by atoms with Crippen LogP contribution in [0.1, 0.15) is 32.6 Å². The van der Waals surface area contributed by atoms with Gasteiger partial charge in [0, 0.05) is 6.42 Å². The second-order valence-electron chi connectivity index (χ2n) is 2.61. The molecule has 0 amide bonds. The molecule has 0 aromatic carbocycles. The van der Waals surface area contributed by atoms with Gasteiger partial charge in [0.05, 0.1) is 0 Å². The highest BCUT2D eigenvalue weighted by Gasteiger charge is 2.12. The summed E-state index contributed by atoms with van der Waals surface area (Å²) in [7, 11) is 0. The number of rotatable bonds is 1. The standard InChI is InChI=1S/C9H13/c1-2-3-6-9-7-4-5-8-9/h6,9H,4-5,7-8H2,1H3. The Hall–Kier alpha value is -0.440. The van der Waals surface area contributed by atoms with E-state index in [4.69, 9.17) is 0 Å². The average molecular weight is 121 g/mol. The molecule has 0 spiro atoms. The Morgan fingerprint density at radius 2 is 2.00 bits per heavy atom. The Labute approximate surface area is 57.7 Å². The van der Waals surface area contributed by atoms with Crippen LogP contribution in [0.2, 0.25) is 0 Å². The lowest BCUT2D eigenvalue weighted by Gasteiger charge is -1.99. The Morgan fingerprint density at radius 3 is 2.56 bits per heavy atom. The first-order chi connectivity index (χ1) is 4.43. The van der Waals surface area contributed by atoms with Crippen LogP contribution in [-0.4, -0.2) is 0 Å². The molecular weight excluding hydrogens is 108 g/mol. The van der Waals surface area contributed by atoms with Gasteiger partial charge in [-0.2, -0.15) is 0 Å². The number of hydrogen-bond donors (Lipinski definition) is 0. The van der Waals surface area contributed by atoms with Crippen LogP contribution in [0.25, 0.3) is 0 Å². The van der Waals surface area contributed by atoms with Gasteiger partial charge in [0.25, 0.3) is 0 Å². The van der Waals surface area contributed by atoms with Gasteiger partial charge in [0.1, 0.15) is 0 Å². The lowest BCUT2D eigenvalue weighted by Crippen LogP contribution is -1.89. The highest BCUT2D eigenvalue weighted by molar-refractivity contribution is 5.10. The number of hydrogen-bond acceptors (Lipinski definition) is 0. The minimum absolute atomic E-state index is 0.817. The molecule has 1 fully saturated rings. The van der Waals surface area contributed by atoms with Crippen LogP contribution in [-0.2, 0) is 0 Å². The van der Waals surface area contributed by atoms with Gasteiger partial charge in [-0.05, 0) is 25.7 Å². The highest BCUT2D eigenvalue weighted by Crippen LogP contribution is 2.26. The van der Waals surface area contributed by atoms with Crippen molar-refractivity contribution >= 4 is 0 Å². The van der Waals surface area contributed by atoms with E-state index in [2.05, 4.69) is 18.3 Å². The fourth-order valence-corrected chi connectivity index (χ4v) is 1.33. The SMILES string of the molecule is CC#C[CH]C1CCCC1. The lowest BCUT2D eigenvalue weighted by atomic mass is 10.1. The minimum atomic E-state index is 0.817. The summed E-state index contributed by atoms with van der Waals surface area (Å²) in [6.07, 6.45) is 7.72. The lowest BCUT2D eigenvalue weighted by molar-refractivity contribution is 0.656. The van der Waals surface area contributed by atoms with Crippen molar-refractivity contribution in [2.45, 2.75) is 32.6 Å². The normalized spacial score (nSPS) is 19.2. The van der Waals surface area contributed by atoms with Gasteiger partial charge in [-0.1, -0.05) is 18.8 Å². The van der Waals surface area contributed by atoms with Gasteiger partial charge in [-0.25, -0.2) is 0 Å². The van der Waals surface area contributed by atoms with Crippen LogP contribution in [0.4, 0.5) is 0 Å². The monoisotopic (exact) mass is 121 g/mol. The molecule has 1 rings (SSSR count). The molecule has 1 aliphatic carbocycles. The van der Waals surface area contributed by atoms with Crippen LogP contribution >= 0.6 is 0 Å². The molecule has 0 aromatic heterocycles. The molecule has 0 atom stereocenters. The molecule has 0 unspecified atom stereocenters. The molecule has 0 heterocycles. The Kier molecular flexibility index (Phi) is 2.64. The third-order valence-electron chi connectivity index (χ3n) is 1.86. The van der Waals surface area contributed by atoms with E-state index < -0.39 is 0 Å². The third kappa shape index (κ3) is 2.10. The van der Waals surface area contributed by atoms with Gasteiger partial charge in [-0.15, -0.1) is 5.92 Å². The van der Waals surface area contributed by atoms with Crippen LogP contribution in [0.15, 0.2) is 0 Å². The summed E-state index contributed by atoms with van der Waals surface area (Å²) in [6, 6.07) is 0. The molecule has 0 aliphatic heterocycles. The summed E-state index contributed by atoms with van der Waals surface area (Å²) >= 11 is 0. The average Bonchev–Trinajstić information content (AvgIpc) is 2.34. The van der Waals surface area contributed by atoms with E-state index in [0.29, 0.717) is 0 Å². The van der Waals surface area contributed by atoms with Crippen LogP contribution in [0.5, 0.6) is 0 Å². The third-order valence-corrected chi connectivity index (χ3v) is 1.86. The van der Waals surface area contributed by atoms with E-state index >= 15 is 0 Å². The summed E-state index contributed by atoms with van der Waals surface area (Å²) in [5, 5.41) is 0. The maximum Gasteiger partial charge on any atom is 0.0371 e. The smallest absolute Gasteiger partial charge is 0.0371 e. The van der Waals surface area contributed by atoms with E-state index in [-0.39, 0.29) is 0 Å². The van der Waals surface area contributed by atoms with Gasteiger partial charge < -0.3 is 0 Å². The summed E-state index contributed by atoms with van der Waals surface area (Å²) in [6.45, 7) is 1.89. The second kappa shape index (κ2) is 3.56. The van der Waals surface area contributed by atoms with Crippen molar-refractivity contribution in [2.24, 2.45) is 5.92 Å². The molecule has 1 radical (unpaired) electrons. The van der Waals surface area contributed by atoms with Crippen LogP contribution in [0.3, 0.4) is 0 Å². The summed E-state index contributed by atoms with van der Waals surface area (Å²) in [5.74, 6) is 6.72. The van der Waals surface area contributed by atoms with Crippen molar-refractivity contribution in [3.63, 3.8) is 0 Å². The predicted octanol–water partition coefficient (Wildman–Crippen LogP) is 2.40. The van der Waals surface area contributed by atoms with Crippen LogP contribution in [0, 0.1) is 24.2 Å². The van der Waals surface area contributed by atoms with Crippen molar-refractivity contribution in [1.29, 1.82) is 0 Å². The maximum absolute atomic E-state index is 3.02. The topological polar surface area (TPSA) is 0 Å². The summed E-state index contributed by atoms with van der Waals surface area (Å²) in [5.41, 5.74) is 0. The zero-order valence-electron chi connectivity index (χ0n) is 5.98. The zero-order valence-corrected chi connectivity index (χ0v) is 5.98. The van der Waals surface area contributed by atoms with Crippen molar-refractivity contribution in [2.75, 3.05) is 0 Å². The Bertz CT molecular complexity index is 119. The Balaban J connectivity index is 2.16. The zero-order chi connectivity index (χ0) is 6.53. The van der Waals surface area contributed by atoms with E-state index in [1.165, 1.54) is 25.7 Å². The van der Waals surface area contributed by atoms with Crippen molar-refractivity contribution in [3.05, 3.63) is 6.42 Å². The van der Waals surface area contributed by atoms with Crippen molar-refractivity contribution < 1.29 is 0 Å². The highest BCUT2D eigenvalue weighted by atomic mass is 14.2. The van der Waals surface area contributed by atoms with Gasteiger partial charge in [-0.3, -0.25) is 0 Å². The summed E-state index contributed by atoms with van der Waals surface area (Å²) < 4.78 is 0. The van der Waals surface area contributed by atoms with Crippen molar-refractivity contribution in [1.82, 2.24) is 0 Å². The predicted molar refractivity (Wildman–Crippen MR) is 39.7 cm³/mol. The minimum Gasteiger partial charge on any atom is -0.106 e. The molecular formula is C9H13. The van der Waals surface area contributed by atoms with Crippen molar-refractivity contribution in [3.8, 4) is 11.8 Å². The first-order valence-corrected chi connectivity index (χ1v) is 3.69. The molecule has 0 nitrogen and oxygen atoms in total. The van der Waals surface area contributed by atoms with E-state index in [9.17, 15) is 0 Å². The molecule has 0 heteroatoms. The second-order valence-corrected chi connectivity index (χ2v) is 2.61. The Morgan fingerprint density at radius 1 is 1.33 bits per heavy atom. The van der Waals surface area contributed by atoms with Gasteiger partial charge >= 0.3 is 0 Å². The van der Waals surface area contributed by atoms with E-state index in [1.54, 1.807) is 0 Å². The largest absolute Gasteiger partial charge is 0.106 e. The van der Waals surface area contributed by atoms with Gasteiger partial charge in [0.2, 0.25) is 0 Å². The van der Waals surface area contributed by atoms with E-state index in [1.807, 2.05) is 6.92 Å². The fraction of sp³-hybridized carbons (Fsp3) is 0.667.